The van der Waals surface area contributed by atoms with Gasteiger partial charge in [-0.25, -0.2) is 0 Å². The van der Waals surface area contributed by atoms with Gasteiger partial charge in [-0.15, -0.1) is 0 Å². The van der Waals surface area contributed by atoms with Gasteiger partial charge in [0.2, 0.25) is 0 Å². The molecule has 3 rings (SSSR count). The Balaban J connectivity index is 2.01. The fraction of sp³-hybridized carbons (Fsp3) is 0.500. The molecule has 3 heteroatoms. The zero-order valence-electron chi connectivity index (χ0n) is 11.9. The molecule has 0 spiro atoms. The van der Waals surface area contributed by atoms with Gasteiger partial charge in [0.25, 0.3) is 0 Å². The van der Waals surface area contributed by atoms with E-state index in [1.807, 2.05) is 13.8 Å². The summed E-state index contributed by atoms with van der Waals surface area (Å²) in [6.07, 6.45) is 5.61. The lowest BCUT2D eigenvalue weighted by Gasteiger charge is -2.23. The van der Waals surface area contributed by atoms with Gasteiger partial charge in [0.1, 0.15) is 11.5 Å². The molecule has 19 heavy (non-hydrogen) atoms. The van der Waals surface area contributed by atoms with E-state index in [4.69, 9.17) is 10.2 Å². The summed E-state index contributed by atoms with van der Waals surface area (Å²) in [7, 11) is 0. The number of fused-ring (bicyclic) bond motifs is 1. The third kappa shape index (κ3) is 2.02. The second-order valence-corrected chi connectivity index (χ2v) is 5.67. The van der Waals surface area contributed by atoms with Gasteiger partial charge < -0.3 is 14.7 Å². The van der Waals surface area contributed by atoms with Crippen LogP contribution in [0, 0.1) is 13.8 Å². The molecule has 1 aliphatic rings. The molecule has 2 atom stereocenters. The number of nitrogens with zero attached hydrogens (tertiary/aromatic N) is 1. The summed E-state index contributed by atoms with van der Waals surface area (Å²) in [4.78, 5) is 0. The lowest BCUT2D eigenvalue weighted by atomic mass is 9.93. The van der Waals surface area contributed by atoms with E-state index in [1.165, 1.54) is 23.2 Å². The number of aromatic nitrogens is 1. The first kappa shape index (κ1) is 12.5. The Hall–Kier alpha value is -1.48. The second-order valence-electron chi connectivity index (χ2n) is 5.67. The van der Waals surface area contributed by atoms with E-state index in [1.54, 1.807) is 0 Å². The Morgan fingerprint density at radius 2 is 2.21 bits per heavy atom. The van der Waals surface area contributed by atoms with E-state index in [0.29, 0.717) is 6.04 Å². The summed E-state index contributed by atoms with van der Waals surface area (Å²) < 4.78 is 8.03. The molecule has 0 fully saturated rings. The minimum Gasteiger partial charge on any atom is -0.466 e. The first-order valence-corrected chi connectivity index (χ1v) is 7.10. The molecule has 2 heterocycles. The molecule has 0 aromatic carbocycles. The van der Waals surface area contributed by atoms with Crippen LogP contribution in [0.3, 0.4) is 0 Å². The van der Waals surface area contributed by atoms with Crippen molar-refractivity contribution in [1.29, 1.82) is 0 Å². The summed E-state index contributed by atoms with van der Waals surface area (Å²) >= 11 is 0. The first-order chi connectivity index (χ1) is 9.08. The standard InChI is InChI=1S/C16H22N2O/c1-10-9-14(12(3)19-10)11(2)18-8-7-13-15(17)5-4-6-16(13)18/h7-9,11,15H,4-6,17H2,1-3H3. The lowest BCUT2D eigenvalue weighted by Crippen LogP contribution is -2.19. The van der Waals surface area contributed by atoms with Crippen LogP contribution in [0.25, 0.3) is 0 Å². The van der Waals surface area contributed by atoms with Crippen molar-refractivity contribution in [2.75, 3.05) is 0 Å². The molecular formula is C16H22N2O. The Morgan fingerprint density at radius 1 is 1.42 bits per heavy atom. The number of aryl methyl sites for hydroxylation is 2. The van der Waals surface area contributed by atoms with Crippen molar-refractivity contribution in [3.63, 3.8) is 0 Å². The zero-order valence-corrected chi connectivity index (χ0v) is 11.9. The van der Waals surface area contributed by atoms with Crippen LogP contribution in [-0.2, 0) is 6.42 Å². The molecule has 0 bridgehead atoms. The molecule has 1 aliphatic carbocycles. The van der Waals surface area contributed by atoms with Crippen LogP contribution in [0.2, 0.25) is 0 Å². The molecule has 2 N–H and O–H groups in total. The van der Waals surface area contributed by atoms with E-state index < -0.39 is 0 Å². The van der Waals surface area contributed by atoms with Gasteiger partial charge in [-0.3, -0.25) is 0 Å². The number of furan rings is 1. The predicted molar refractivity (Wildman–Crippen MR) is 76.3 cm³/mol. The highest BCUT2D eigenvalue weighted by atomic mass is 16.3. The van der Waals surface area contributed by atoms with Crippen LogP contribution in [0.5, 0.6) is 0 Å². The quantitative estimate of drug-likeness (QED) is 0.893. The summed E-state index contributed by atoms with van der Waals surface area (Å²) in [6, 6.07) is 4.86. The summed E-state index contributed by atoms with van der Waals surface area (Å²) in [5, 5.41) is 0. The number of nitrogens with two attached hydrogens (primary N) is 1. The van der Waals surface area contributed by atoms with Gasteiger partial charge in [-0.05, 0) is 57.7 Å². The van der Waals surface area contributed by atoms with Crippen LogP contribution in [0.4, 0.5) is 0 Å². The fourth-order valence-electron chi connectivity index (χ4n) is 3.33. The van der Waals surface area contributed by atoms with Crippen molar-refractivity contribution in [2.24, 2.45) is 5.73 Å². The highest BCUT2D eigenvalue weighted by molar-refractivity contribution is 5.32. The van der Waals surface area contributed by atoms with Crippen molar-refractivity contribution in [3.8, 4) is 0 Å². The topological polar surface area (TPSA) is 44.1 Å². The summed E-state index contributed by atoms with van der Waals surface area (Å²) in [6.45, 7) is 6.28. The molecule has 0 amide bonds. The maximum absolute atomic E-state index is 6.20. The van der Waals surface area contributed by atoms with Crippen molar-refractivity contribution in [3.05, 3.63) is 46.7 Å². The average molecular weight is 258 g/mol. The van der Waals surface area contributed by atoms with E-state index in [0.717, 1.165) is 24.4 Å². The highest BCUT2D eigenvalue weighted by Gasteiger charge is 2.23. The zero-order chi connectivity index (χ0) is 13.6. The van der Waals surface area contributed by atoms with Gasteiger partial charge in [0.05, 0.1) is 6.04 Å². The Bertz CT molecular complexity index is 594. The van der Waals surface area contributed by atoms with Crippen molar-refractivity contribution in [1.82, 2.24) is 4.57 Å². The fourth-order valence-corrected chi connectivity index (χ4v) is 3.33. The summed E-state index contributed by atoms with van der Waals surface area (Å²) in [5.41, 5.74) is 10.2. The highest BCUT2D eigenvalue weighted by Crippen LogP contribution is 2.33. The monoisotopic (exact) mass is 258 g/mol. The average Bonchev–Trinajstić information content (AvgIpc) is 2.93. The van der Waals surface area contributed by atoms with Crippen LogP contribution >= 0.6 is 0 Å². The Kier molecular flexibility index (Phi) is 3.02. The van der Waals surface area contributed by atoms with Crippen molar-refractivity contribution >= 4 is 0 Å². The largest absolute Gasteiger partial charge is 0.466 e. The first-order valence-electron chi connectivity index (χ1n) is 7.10. The molecule has 3 nitrogen and oxygen atoms in total. The Morgan fingerprint density at radius 3 is 2.89 bits per heavy atom. The third-order valence-corrected chi connectivity index (χ3v) is 4.33. The Labute approximate surface area is 114 Å². The van der Waals surface area contributed by atoms with E-state index >= 15 is 0 Å². The minimum absolute atomic E-state index is 0.212. The van der Waals surface area contributed by atoms with Crippen LogP contribution < -0.4 is 5.73 Å². The number of hydrogen-bond acceptors (Lipinski definition) is 2. The van der Waals surface area contributed by atoms with Gasteiger partial charge >= 0.3 is 0 Å². The minimum atomic E-state index is 0.212. The molecule has 0 radical (unpaired) electrons. The molecule has 2 aromatic rings. The molecule has 102 valence electrons. The van der Waals surface area contributed by atoms with Crippen molar-refractivity contribution < 1.29 is 4.42 Å². The smallest absolute Gasteiger partial charge is 0.106 e. The maximum Gasteiger partial charge on any atom is 0.106 e. The molecule has 0 saturated heterocycles. The normalized spacial score (nSPS) is 20.3. The van der Waals surface area contributed by atoms with E-state index in [2.05, 4.69) is 29.8 Å². The molecule has 2 unspecified atom stereocenters. The van der Waals surface area contributed by atoms with Crippen LogP contribution in [0.1, 0.15) is 60.2 Å². The number of hydrogen-bond donors (Lipinski definition) is 1. The number of rotatable bonds is 2. The van der Waals surface area contributed by atoms with Gasteiger partial charge in [-0.2, -0.15) is 0 Å². The maximum atomic E-state index is 6.20. The molecular weight excluding hydrogens is 236 g/mol. The molecule has 2 aromatic heterocycles. The van der Waals surface area contributed by atoms with Gasteiger partial charge in [0.15, 0.2) is 0 Å². The van der Waals surface area contributed by atoms with Crippen LogP contribution in [0.15, 0.2) is 22.7 Å². The molecule has 0 saturated carbocycles. The van der Waals surface area contributed by atoms with Crippen LogP contribution in [-0.4, -0.2) is 4.57 Å². The summed E-state index contributed by atoms with van der Waals surface area (Å²) in [5.74, 6) is 2.00. The van der Waals surface area contributed by atoms with Crippen molar-refractivity contribution in [2.45, 2.75) is 52.1 Å². The third-order valence-electron chi connectivity index (χ3n) is 4.33. The van der Waals surface area contributed by atoms with E-state index in [-0.39, 0.29) is 6.04 Å². The second kappa shape index (κ2) is 4.57. The van der Waals surface area contributed by atoms with Gasteiger partial charge in [0, 0.05) is 23.5 Å². The lowest BCUT2D eigenvalue weighted by molar-refractivity contribution is 0.488. The SMILES string of the molecule is Cc1cc(C(C)n2ccc3c2CCCC3N)c(C)o1. The van der Waals surface area contributed by atoms with Gasteiger partial charge in [-0.1, -0.05) is 0 Å². The predicted octanol–water partition coefficient (Wildman–Crippen LogP) is 3.64. The van der Waals surface area contributed by atoms with E-state index in [9.17, 15) is 0 Å². The molecule has 0 aliphatic heterocycles.